The summed E-state index contributed by atoms with van der Waals surface area (Å²) in [5.41, 5.74) is 0.951. The second-order valence-electron chi connectivity index (χ2n) is 7.30. The zero-order chi connectivity index (χ0) is 19.8. The summed E-state index contributed by atoms with van der Waals surface area (Å²) >= 11 is 0. The third kappa shape index (κ3) is 3.10. The van der Waals surface area contributed by atoms with Gasteiger partial charge in [-0.3, -0.25) is 9.59 Å². The van der Waals surface area contributed by atoms with Gasteiger partial charge in [-0.25, -0.2) is 4.98 Å². The molecule has 1 aliphatic carbocycles. The van der Waals surface area contributed by atoms with Gasteiger partial charge >= 0.3 is 0 Å². The predicted octanol–water partition coefficient (Wildman–Crippen LogP) is 3.90. The molecule has 28 heavy (non-hydrogen) atoms. The van der Waals surface area contributed by atoms with Crippen molar-refractivity contribution in [2.45, 2.75) is 19.8 Å². The molecule has 1 aromatic carbocycles. The Bertz CT molecular complexity index is 1080. The first kappa shape index (κ1) is 18.4. The fourth-order valence-electron chi connectivity index (χ4n) is 3.53. The number of aromatic nitrogens is 1. The molecule has 0 saturated heterocycles. The Morgan fingerprint density at radius 1 is 1.07 bits per heavy atom. The molecule has 0 spiro atoms. The highest BCUT2D eigenvalue weighted by Gasteiger charge is 2.37. The van der Waals surface area contributed by atoms with Gasteiger partial charge in [0.15, 0.2) is 5.76 Å². The highest BCUT2D eigenvalue weighted by Crippen LogP contribution is 2.40. The fourth-order valence-corrected chi connectivity index (χ4v) is 3.53. The highest BCUT2D eigenvalue weighted by molar-refractivity contribution is 6.54. The Morgan fingerprint density at radius 3 is 2.57 bits per heavy atom. The average Bonchev–Trinajstić information content (AvgIpc) is 3.07. The maximum atomic E-state index is 12.8. The lowest BCUT2D eigenvalue weighted by Crippen LogP contribution is -2.21. The van der Waals surface area contributed by atoms with Crippen LogP contribution >= 0.6 is 0 Å². The van der Waals surface area contributed by atoms with Crippen LogP contribution in [0.1, 0.15) is 39.3 Å². The molecule has 4 rings (SSSR count). The number of benzene rings is 1. The van der Waals surface area contributed by atoms with Crippen LogP contribution in [0.15, 0.2) is 34.7 Å². The van der Waals surface area contributed by atoms with Gasteiger partial charge in [0.1, 0.15) is 11.5 Å². The summed E-state index contributed by atoms with van der Waals surface area (Å²) in [5.74, 6) is 0.273. The fraction of sp³-hybridized carbons (Fsp3) is 0.318. The number of carbonyl (C=O) groups excluding carboxylic acids is 2. The van der Waals surface area contributed by atoms with Gasteiger partial charge in [-0.2, -0.15) is 0 Å². The summed E-state index contributed by atoms with van der Waals surface area (Å²) in [6, 6.07) is 8.98. The number of hydrogen-bond acceptors (Lipinski definition) is 6. The Kier molecular flexibility index (Phi) is 4.73. The van der Waals surface area contributed by atoms with Crippen LogP contribution in [-0.2, 0) is 0 Å². The van der Waals surface area contributed by atoms with E-state index in [4.69, 9.17) is 9.15 Å². The molecule has 0 saturated carbocycles. The molecule has 0 radical (unpaired) electrons. The van der Waals surface area contributed by atoms with Crippen LogP contribution in [0.3, 0.4) is 0 Å². The third-order valence-electron chi connectivity index (χ3n) is 4.86. The van der Waals surface area contributed by atoms with Gasteiger partial charge in [0, 0.05) is 10.8 Å². The molecule has 6 nitrogen and oxygen atoms in total. The van der Waals surface area contributed by atoms with Crippen LogP contribution < -0.4 is 4.74 Å². The molecule has 1 aliphatic rings. The minimum Gasteiger partial charge on any atom is -0.477 e. The summed E-state index contributed by atoms with van der Waals surface area (Å²) in [5, 5.41) is 1.38. The van der Waals surface area contributed by atoms with Crippen LogP contribution in [0.2, 0.25) is 0 Å². The van der Waals surface area contributed by atoms with Gasteiger partial charge in [-0.05, 0) is 52.5 Å². The first-order valence-corrected chi connectivity index (χ1v) is 9.37. The maximum absolute atomic E-state index is 12.8. The highest BCUT2D eigenvalue weighted by atomic mass is 16.5. The summed E-state index contributed by atoms with van der Waals surface area (Å²) in [6.07, 6.45) is 1.91. The number of furan rings is 1. The number of unbranched alkanes of at least 4 members (excludes halogenated alkanes) is 1. The number of Topliss-reactive ketones (excluding diaryl/α,β-unsaturated/α-hetero) is 2. The summed E-state index contributed by atoms with van der Waals surface area (Å²) in [7, 11) is 4.08. The normalized spacial score (nSPS) is 13.1. The monoisotopic (exact) mass is 378 g/mol. The number of ketones is 2. The van der Waals surface area contributed by atoms with Crippen molar-refractivity contribution < 1.29 is 18.7 Å². The zero-order valence-corrected chi connectivity index (χ0v) is 16.2. The van der Waals surface area contributed by atoms with Gasteiger partial charge in [-0.1, -0.05) is 18.2 Å². The molecule has 0 amide bonds. The second kappa shape index (κ2) is 7.20. The number of nitrogens with zero attached hydrogens (tertiary/aromatic N) is 2. The van der Waals surface area contributed by atoms with Crippen LogP contribution in [0.4, 0.5) is 0 Å². The molecule has 2 aromatic heterocycles. The van der Waals surface area contributed by atoms with Crippen molar-refractivity contribution in [3.05, 3.63) is 47.2 Å². The van der Waals surface area contributed by atoms with E-state index in [0.717, 1.165) is 24.8 Å². The Balaban J connectivity index is 1.77. The molecular formula is C22H22N2O4. The van der Waals surface area contributed by atoms with E-state index < -0.39 is 11.6 Å². The molecule has 3 aromatic rings. The number of pyridine rings is 1. The molecule has 0 fully saturated rings. The first-order valence-electron chi connectivity index (χ1n) is 9.37. The molecule has 0 bridgehead atoms. The molecule has 6 heteroatoms. The lowest BCUT2D eigenvalue weighted by atomic mass is 9.89. The van der Waals surface area contributed by atoms with E-state index in [9.17, 15) is 9.59 Å². The molecule has 0 atom stereocenters. The largest absolute Gasteiger partial charge is 0.477 e. The number of carbonyl (C=O) groups is 2. The number of rotatable bonds is 6. The second-order valence-corrected chi connectivity index (χ2v) is 7.30. The average molecular weight is 378 g/mol. The first-order chi connectivity index (χ1) is 13.5. The number of aryl methyl sites for hydroxylation is 1. The SMILES string of the molecule is Cc1cc2c(o1)-c1nc(OCCCCN(C)C)c3ccccc3c1C(=O)C2=O. The lowest BCUT2D eigenvalue weighted by molar-refractivity contribution is 0.0815. The van der Waals surface area contributed by atoms with Gasteiger partial charge < -0.3 is 14.1 Å². The molecule has 144 valence electrons. The van der Waals surface area contributed by atoms with Crippen LogP contribution in [-0.4, -0.2) is 48.7 Å². The third-order valence-corrected chi connectivity index (χ3v) is 4.86. The standard InChI is InChI=1S/C22H22N2O4/c1-13-12-16-19(25)20(26)17-14-8-4-5-9-15(14)22(23-18(17)21(16)28-13)27-11-7-6-10-24(2)3/h4-5,8-9,12H,6-7,10-11H2,1-3H3. The number of ether oxygens (including phenoxy) is 1. The number of fused-ring (bicyclic) bond motifs is 5. The van der Waals surface area contributed by atoms with Gasteiger partial charge in [-0.15, -0.1) is 0 Å². The van der Waals surface area contributed by atoms with Crippen molar-refractivity contribution in [3.8, 4) is 17.3 Å². The van der Waals surface area contributed by atoms with E-state index in [2.05, 4.69) is 9.88 Å². The van der Waals surface area contributed by atoms with E-state index in [0.29, 0.717) is 40.7 Å². The minimum absolute atomic E-state index is 0.273. The van der Waals surface area contributed by atoms with E-state index in [1.54, 1.807) is 13.0 Å². The van der Waals surface area contributed by atoms with Crippen molar-refractivity contribution in [1.82, 2.24) is 9.88 Å². The van der Waals surface area contributed by atoms with Crippen LogP contribution in [0, 0.1) is 6.92 Å². The molecule has 0 N–H and O–H groups in total. The molecule has 2 heterocycles. The van der Waals surface area contributed by atoms with E-state index in [1.807, 2.05) is 38.4 Å². The zero-order valence-electron chi connectivity index (χ0n) is 16.2. The summed E-state index contributed by atoms with van der Waals surface area (Å²) < 4.78 is 11.7. The molecular weight excluding hydrogens is 356 g/mol. The van der Waals surface area contributed by atoms with Crippen molar-refractivity contribution in [1.29, 1.82) is 0 Å². The van der Waals surface area contributed by atoms with Crippen molar-refractivity contribution >= 4 is 22.3 Å². The Morgan fingerprint density at radius 2 is 1.82 bits per heavy atom. The lowest BCUT2D eigenvalue weighted by Gasteiger charge is -2.17. The van der Waals surface area contributed by atoms with Crippen molar-refractivity contribution in [2.75, 3.05) is 27.2 Å². The smallest absolute Gasteiger partial charge is 0.237 e. The maximum Gasteiger partial charge on any atom is 0.237 e. The number of hydrogen-bond donors (Lipinski definition) is 0. The van der Waals surface area contributed by atoms with Gasteiger partial charge in [0.2, 0.25) is 17.4 Å². The van der Waals surface area contributed by atoms with Crippen molar-refractivity contribution in [3.63, 3.8) is 0 Å². The molecule has 0 unspecified atom stereocenters. The summed E-state index contributed by atoms with van der Waals surface area (Å²) in [6.45, 7) is 3.27. The quantitative estimate of drug-likeness (QED) is 0.478. The Labute approximate surface area is 163 Å². The van der Waals surface area contributed by atoms with Crippen molar-refractivity contribution in [2.24, 2.45) is 0 Å². The van der Waals surface area contributed by atoms with E-state index >= 15 is 0 Å². The van der Waals surface area contributed by atoms with Crippen LogP contribution in [0.5, 0.6) is 5.88 Å². The Hall–Kier alpha value is -2.99. The predicted molar refractivity (Wildman–Crippen MR) is 106 cm³/mol. The summed E-state index contributed by atoms with van der Waals surface area (Å²) in [4.78, 5) is 32.1. The van der Waals surface area contributed by atoms with E-state index in [1.165, 1.54) is 0 Å². The molecule has 0 aliphatic heterocycles. The minimum atomic E-state index is -0.552. The van der Waals surface area contributed by atoms with E-state index in [-0.39, 0.29) is 5.56 Å². The van der Waals surface area contributed by atoms with Gasteiger partial charge in [0.25, 0.3) is 0 Å². The topological polar surface area (TPSA) is 72.6 Å². The van der Waals surface area contributed by atoms with Gasteiger partial charge in [0.05, 0.1) is 17.7 Å². The van der Waals surface area contributed by atoms with Crippen LogP contribution in [0.25, 0.3) is 22.2 Å².